The number of nitrogen functional groups attached to an aromatic ring is 1. The van der Waals surface area contributed by atoms with Crippen LogP contribution in [0.1, 0.15) is 44.3 Å². The molecule has 1 aliphatic rings. The lowest BCUT2D eigenvalue weighted by atomic mass is 9.82. The van der Waals surface area contributed by atoms with Crippen molar-refractivity contribution >= 4 is 27.4 Å². The number of hydrazine groups is 1. The summed E-state index contributed by atoms with van der Waals surface area (Å²) in [5.74, 6) is 8.56. The van der Waals surface area contributed by atoms with Crippen molar-refractivity contribution in [2.45, 2.75) is 38.5 Å². The fourth-order valence-corrected chi connectivity index (χ4v) is 3.60. The molecule has 2 aromatic rings. The summed E-state index contributed by atoms with van der Waals surface area (Å²) in [4.78, 5) is 10.4. The molecule has 4 nitrogen and oxygen atoms in total. The summed E-state index contributed by atoms with van der Waals surface area (Å²) < 4.78 is 0. The van der Waals surface area contributed by atoms with Gasteiger partial charge in [-0.15, -0.1) is 11.3 Å². The minimum absolute atomic E-state index is 0.493. The first-order chi connectivity index (χ1) is 8.78. The molecule has 18 heavy (non-hydrogen) atoms. The van der Waals surface area contributed by atoms with Gasteiger partial charge in [0.25, 0.3) is 0 Å². The third-order valence-corrected chi connectivity index (χ3v) is 4.59. The van der Waals surface area contributed by atoms with E-state index in [9.17, 15) is 0 Å². The molecule has 1 fully saturated rings. The Hall–Kier alpha value is -1.20. The number of hydrogen-bond donors (Lipinski definition) is 2. The molecule has 1 aliphatic carbocycles. The van der Waals surface area contributed by atoms with E-state index in [-0.39, 0.29) is 0 Å². The van der Waals surface area contributed by atoms with Crippen LogP contribution in [0.25, 0.3) is 10.2 Å². The number of anilines is 1. The molecule has 96 valence electrons. The van der Waals surface area contributed by atoms with Crippen LogP contribution >= 0.6 is 11.3 Å². The highest BCUT2D eigenvalue weighted by atomic mass is 32.1. The first-order valence-corrected chi connectivity index (χ1v) is 7.37. The van der Waals surface area contributed by atoms with E-state index in [0.29, 0.717) is 5.92 Å². The van der Waals surface area contributed by atoms with E-state index >= 15 is 0 Å². The van der Waals surface area contributed by atoms with Crippen LogP contribution < -0.4 is 11.3 Å². The minimum atomic E-state index is 0.493. The lowest BCUT2D eigenvalue weighted by molar-refractivity contribution is 0.336. The maximum Gasteiger partial charge on any atom is 0.152 e. The topological polar surface area (TPSA) is 63.8 Å². The molecule has 0 spiro atoms. The van der Waals surface area contributed by atoms with Crippen molar-refractivity contribution in [1.29, 1.82) is 0 Å². The van der Waals surface area contributed by atoms with E-state index in [1.54, 1.807) is 11.3 Å². The number of rotatable bonds is 2. The molecule has 0 amide bonds. The van der Waals surface area contributed by atoms with E-state index in [1.807, 2.05) is 11.4 Å². The SMILES string of the molecule is CC1CCCC(c2nc(NN)c3ccsc3n2)C1. The van der Waals surface area contributed by atoms with Crippen molar-refractivity contribution < 1.29 is 0 Å². The second-order valence-corrected chi connectivity index (χ2v) is 6.08. The highest BCUT2D eigenvalue weighted by Crippen LogP contribution is 2.36. The second-order valence-electron chi connectivity index (χ2n) is 5.18. The minimum Gasteiger partial charge on any atom is -0.308 e. The van der Waals surface area contributed by atoms with Gasteiger partial charge in [0, 0.05) is 5.92 Å². The van der Waals surface area contributed by atoms with Crippen LogP contribution in [0, 0.1) is 5.92 Å². The van der Waals surface area contributed by atoms with E-state index in [1.165, 1.54) is 25.7 Å². The van der Waals surface area contributed by atoms with Gasteiger partial charge in [-0.05, 0) is 30.2 Å². The third kappa shape index (κ3) is 2.08. The molecule has 0 radical (unpaired) electrons. The van der Waals surface area contributed by atoms with Gasteiger partial charge in [-0.1, -0.05) is 19.8 Å². The van der Waals surface area contributed by atoms with Crippen molar-refractivity contribution in [1.82, 2.24) is 9.97 Å². The molecule has 3 N–H and O–H groups in total. The monoisotopic (exact) mass is 262 g/mol. The molecule has 2 unspecified atom stereocenters. The zero-order valence-corrected chi connectivity index (χ0v) is 11.3. The number of nitrogens with one attached hydrogen (secondary N) is 1. The van der Waals surface area contributed by atoms with Crippen molar-refractivity contribution in [3.8, 4) is 0 Å². The summed E-state index contributed by atoms with van der Waals surface area (Å²) in [5, 5.41) is 3.06. The van der Waals surface area contributed by atoms with Gasteiger partial charge in [0.15, 0.2) is 5.82 Å². The maximum absolute atomic E-state index is 5.57. The highest BCUT2D eigenvalue weighted by molar-refractivity contribution is 7.16. The maximum atomic E-state index is 5.57. The van der Waals surface area contributed by atoms with Crippen molar-refractivity contribution in [2.24, 2.45) is 11.8 Å². The lowest BCUT2D eigenvalue weighted by Crippen LogP contribution is -2.16. The first-order valence-electron chi connectivity index (χ1n) is 6.49. The quantitative estimate of drug-likeness (QED) is 0.644. The Balaban J connectivity index is 2.00. The fraction of sp³-hybridized carbons (Fsp3) is 0.538. The van der Waals surface area contributed by atoms with Crippen LogP contribution in [0.2, 0.25) is 0 Å². The smallest absolute Gasteiger partial charge is 0.152 e. The predicted molar refractivity (Wildman–Crippen MR) is 75.6 cm³/mol. The summed E-state index contributed by atoms with van der Waals surface area (Å²) in [6.07, 6.45) is 5.01. The van der Waals surface area contributed by atoms with Gasteiger partial charge in [0.1, 0.15) is 10.7 Å². The van der Waals surface area contributed by atoms with Gasteiger partial charge in [-0.3, -0.25) is 0 Å². The van der Waals surface area contributed by atoms with Crippen LogP contribution in [-0.2, 0) is 0 Å². The Morgan fingerprint density at radius 2 is 2.28 bits per heavy atom. The molecule has 2 heterocycles. The van der Waals surface area contributed by atoms with E-state index in [2.05, 4.69) is 17.3 Å². The summed E-state index contributed by atoms with van der Waals surface area (Å²) in [5.41, 5.74) is 2.70. The number of thiophene rings is 1. The molecule has 0 aliphatic heterocycles. The summed E-state index contributed by atoms with van der Waals surface area (Å²) in [6, 6.07) is 2.02. The van der Waals surface area contributed by atoms with E-state index < -0.39 is 0 Å². The molecule has 0 bridgehead atoms. The summed E-state index contributed by atoms with van der Waals surface area (Å²) >= 11 is 1.65. The van der Waals surface area contributed by atoms with Crippen molar-refractivity contribution in [2.75, 3.05) is 5.43 Å². The van der Waals surface area contributed by atoms with Gasteiger partial charge in [0.2, 0.25) is 0 Å². The average molecular weight is 262 g/mol. The second kappa shape index (κ2) is 4.82. The van der Waals surface area contributed by atoms with Gasteiger partial charge < -0.3 is 5.43 Å². The van der Waals surface area contributed by atoms with Crippen LogP contribution in [0.15, 0.2) is 11.4 Å². The molecular formula is C13H18N4S. The largest absolute Gasteiger partial charge is 0.308 e. The molecule has 1 saturated carbocycles. The number of nitrogens with zero attached hydrogens (tertiary/aromatic N) is 2. The van der Waals surface area contributed by atoms with Gasteiger partial charge >= 0.3 is 0 Å². The Morgan fingerprint density at radius 3 is 3.06 bits per heavy atom. The zero-order valence-electron chi connectivity index (χ0n) is 10.5. The Morgan fingerprint density at radius 1 is 1.39 bits per heavy atom. The molecular weight excluding hydrogens is 244 g/mol. The van der Waals surface area contributed by atoms with Gasteiger partial charge in [-0.25, -0.2) is 15.8 Å². The highest BCUT2D eigenvalue weighted by Gasteiger charge is 2.23. The Bertz CT molecular complexity index is 551. The van der Waals surface area contributed by atoms with Crippen molar-refractivity contribution in [3.05, 3.63) is 17.3 Å². The normalized spacial score (nSPS) is 24.3. The fourth-order valence-electron chi connectivity index (χ4n) is 2.83. The third-order valence-electron chi connectivity index (χ3n) is 3.78. The number of nitrogens with two attached hydrogens (primary N) is 1. The van der Waals surface area contributed by atoms with Gasteiger partial charge in [-0.2, -0.15) is 0 Å². The Labute approximate surface area is 111 Å². The summed E-state index contributed by atoms with van der Waals surface area (Å²) in [6.45, 7) is 2.32. The molecule has 0 aromatic carbocycles. The average Bonchev–Trinajstić information content (AvgIpc) is 2.85. The van der Waals surface area contributed by atoms with Crippen LogP contribution in [-0.4, -0.2) is 9.97 Å². The van der Waals surface area contributed by atoms with Crippen LogP contribution in [0.3, 0.4) is 0 Å². The van der Waals surface area contributed by atoms with Crippen molar-refractivity contribution in [3.63, 3.8) is 0 Å². The van der Waals surface area contributed by atoms with E-state index in [0.717, 1.165) is 27.8 Å². The predicted octanol–water partition coefficient (Wildman–Crippen LogP) is 3.27. The van der Waals surface area contributed by atoms with E-state index in [4.69, 9.17) is 10.8 Å². The summed E-state index contributed by atoms with van der Waals surface area (Å²) in [7, 11) is 0. The standard InChI is InChI=1S/C13H18N4S/c1-8-3-2-4-9(7-8)11-15-12(17-14)10-5-6-18-13(10)16-11/h5-6,8-9H,2-4,7,14H2,1H3,(H,15,16,17). The molecule has 2 aromatic heterocycles. The number of hydrogen-bond acceptors (Lipinski definition) is 5. The molecule has 3 rings (SSSR count). The van der Waals surface area contributed by atoms with Crippen LogP contribution in [0.4, 0.5) is 5.82 Å². The van der Waals surface area contributed by atoms with Gasteiger partial charge in [0.05, 0.1) is 5.39 Å². The molecule has 0 saturated heterocycles. The molecule has 2 atom stereocenters. The Kier molecular flexibility index (Phi) is 3.18. The van der Waals surface area contributed by atoms with Crippen LogP contribution in [0.5, 0.6) is 0 Å². The molecule has 5 heteroatoms. The first kappa shape index (κ1) is 11.9. The zero-order chi connectivity index (χ0) is 12.5. The number of aromatic nitrogens is 2. The lowest BCUT2D eigenvalue weighted by Gasteiger charge is -2.25. The number of fused-ring (bicyclic) bond motifs is 1.